The predicted molar refractivity (Wildman–Crippen MR) is 88.4 cm³/mol. The average Bonchev–Trinajstić information content (AvgIpc) is 2.49. The van der Waals surface area contributed by atoms with E-state index in [4.69, 9.17) is 5.73 Å². The van der Waals surface area contributed by atoms with E-state index in [9.17, 15) is 4.79 Å². The molecule has 2 rings (SSSR count). The lowest BCUT2D eigenvalue weighted by molar-refractivity contribution is -0.123. The molecule has 1 saturated carbocycles. The first-order chi connectivity index (χ1) is 10.1. The third-order valence-corrected chi connectivity index (χ3v) is 4.34. The molecule has 1 amide bonds. The molecule has 1 unspecified atom stereocenters. The maximum Gasteiger partial charge on any atom is 0.242 e. The van der Waals surface area contributed by atoms with E-state index in [2.05, 4.69) is 17.1 Å². The fraction of sp³-hybridized carbons (Fsp3) is 0.588. The summed E-state index contributed by atoms with van der Waals surface area (Å²) in [7, 11) is 0. The number of amides is 1. The maximum absolute atomic E-state index is 12.5. The van der Waals surface area contributed by atoms with Crippen molar-refractivity contribution in [3.05, 3.63) is 24.3 Å². The van der Waals surface area contributed by atoms with E-state index >= 15 is 0 Å². The summed E-state index contributed by atoms with van der Waals surface area (Å²) in [6.07, 6.45) is 5.98. The van der Waals surface area contributed by atoms with Gasteiger partial charge in [-0.15, -0.1) is 0 Å². The highest BCUT2D eigenvalue weighted by Crippen LogP contribution is 2.21. The molecule has 3 N–H and O–H groups in total. The molecule has 1 atom stereocenters. The van der Waals surface area contributed by atoms with Gasteiger partial charge in [0.1, 0.15) is 6.04 Å². The van der Waals surface area contributed by atoms with E-state index in [0.717, 1.165) is 30.8 Å². The highest BCUT2D eigenvalue weighted by molar-refractivity contribution is 5.85. The topological polar surface area (TPSA) is 58.4 Å². The molecule has 0 radical (unpaired) electrons. The number of likely N-dealkylation sites (N-methyl/N-ethyl adjacent to an activating group) is 1. The molecule has 1 aromatic carbocycles. The van der Waals surface area contributed by atoms with Crippen LogP contribution in [0.2, 0.25) is 0 Å². The standard InChI is InChI=1S/C17H27N3O/c1-3-20(16-11-7-8-14(18)12-16)13(2)17(21)19-15-9-5-4-6-10-15/h7-8,11-13,15H,3-6,9-10,18H2,1-2H3,(H,19,21). The van der Waals surface area contributed by atoms with Gasteiger partial charge in [0.25, 0.3) is 0 Å². The van der Waals surface area contributed by atoms with E-state index in [1.54, 1.807) is 0 Å². The number of carbonyl (C=O) groups is 1. The summed E-state index contributed by atoms with van der Waals surface area (Å²) in [5, 5.41) is 3.21. The van der Waals surface area contributed by atoms with Crippen molar-refractivity contribution in [2.24, 2.45) is 0 Å². The summed E-state index contributed by atoms with van der Waals surface area (Å²) in [6.45, 7) is 4.81. The number of nitrogens with one attached hydrogen (secondary N) is 1. The van der Waals surface area contributed by atoms with Gasteiger partial charge in [-0.3, -0.25) is 4.79 Å². The quantitative estimate of drug-likeness (QED) is 0.819. The van der Waals surface area contributed by atoms with Crippen molar-refractivity contribution in [2.75, 3.05) is 17.2 Å². The number of hydrogen-bond donors (Lipinski definition) is 2. The van der Waals surface area contributed by atoms with E-state index in [1.807, 2.05) is 31.2 Å². The van der Waals surface area contributed by atoms with Crippen LogP contribution in [-0.4, -0.2) is 24.5 Å². The van der Waals surface area contributed by atoms with Gasteiger partial charge in [0.05, 0.1) is 0 Å². The number of carbonyl (C=O) groups excluding carboxylic acids is 1. The Hall–Kier alpha value is -1.71. The fourth-order valence-electron chi connectivity index (χ4n) is 3.09. The minimum Gasteiger partial charge on any atom is -0.399 e. The van der Waals surface area contributed by atoms with Gasteiger partial charge in [0.15, 0.2) is 0 Å². The van der Waals surface area contributed by atoms with E-state index in [-0.39, 0.29) is 11.9 Å². The second-order valence-corrected chi connectivity index (χ2v) is 5.90. The lowest BCUT2D eigenvalue weighted by Crippen LogP contribution is -2.48. The summed E-state index contributed by atoms with van der Waals surface area (Å²) in [5.74, 6) is 0.117. The van der Waals surface area contributed by atoms with Crippen LogP contribution >= 0.6 is 0 Å². The highest BCUT2D eigenvalue weighted by atomic mass is 16.2. The third-order valence-electron chi connectivity index (χ3n) is 4.34. The van der Waals surface area contributed by atoms with Crippen LogP contribution in [0, 0.1) is 0 Å². The molecular weight excluding hydrogens is 262 g/mol. The van der Waals surface area contributed by atoms with Crippen LogP contribution in [0.5, 0.6) is 0 Å². The van der Waals surface area contributed by atoms with Gasteiger partial charge in [-0.05, 0) is 44.9 Å². The van der Waals surface area contributed by atoms with Crippen molar-refractivity contribution in [3.63, 3.8) is 0 Å². The van der Waals surface area contributed by atoms with Gasteiger partial charge < -0.3 is 16.0 Å². The van der Waals surface area contributed by atoms with Crippen LogP contribution in [0.3, 0.4) is 0 Å². The van der Waals surface area contributed by atoms with Crippen molar-refractivity contribution in [3.8, 4) is 0 Å². The minimum atomic E-state index is -0.182. The molecule has 1 aliphatic carbocycles. The molecule has 1 aliphatic rings. The second-order valence-electron chi connectivity index (χ2n) is 5.90. The predicted octanol–water partition coefficient (Wildman–Crippen LogP) is 2.93. The van der Waals surface area contributed by atoms with Gasteiger partial charge in [-0.2, -0.15) is 0 Å². The highest BCUT2D eigenvalue weighted by Gasteiger charge is 2.23. The number of benzene rings is 1. The van der Waals surface area contributed by atoms with Crippen LogP contribution in [0.1, 0.15) is 46.0 Å². The molecule has 116 valence electrons. The summed E-state index contributed by atoms with van der Waals surface area (Å²) in [5.41, 5.74) is 7.58. The Balaban J connectivity index is 2.01. The number of nitrogens with two attached hydrogens (primary N) is 1. The zero-order valence-electron chi connectivity index (χ0n) is 13.1. The fourth-order valence-corrected chi connectivity index (χ4v) is 3.09. The smallest absolute Gasteiger partial charge is 0.242 e. The lowest BCUT2D eigenvalue weighted by Gasteiger charge is -2.31. The molecule has 0 heterocycles. The molecule has 0 aliphatic heterocycles. The number of rotatable bonds is 5. The molecule has 4 nitrogen and oxygen atoms in total. The molecule has 0 bridgehead atoms. The van der Waals surface area contributed by atoms with Gasteiger partial charge in [0, 0.05) is 24.0 Å². The van der Waals surface area contributed by atoms with Crippen LogP contribution < -0.4 is 16.0 Å². The van der Waals surface area contributed by atoms with Crippen molar-refractivity contribution < 1.29 is 4.79 Å². The summed E-state index contributed by atoms with van der Waals surface area (Å²) >= 11 is 0. The molecule has 1 fully saturated rings. The van der Waals surface area contributed by atoms with Crippen molar-refractivity contribution in [1.82, 2.24) is 5.32 Å². The van der Waals surface area contributed by atoms with Crippen molar-refractivity contribution >= 4 is 17.3 Å². The Bertz CT molecular complexity index is 469. The summed E-state index contributed by atoms with van der Waals surface area (Å²) in [4.78, 5) is 14.6. The van der Waals surface area contributed by atoms with Gasteiger partial charge in [0.2, 0.25) is 5.91 Å². The Labute approximate surface area is 127 Å². The SMILES string of the molecule is CCN(c1cccc(N)c1)C(C)C(=O)NC1CCCCC1. The van der Waals surface area contributed by atoms with Crippen LogP contribution in [-0.2, 0) is 4.79 Å². The zero-order chi connectivity index (χ0) is 15.2. The molecule has 4 heteroatoms. The normalized spacial score (nSPS) is 17.2. The second kappa shape index (κ2) is 7.34. The van der Waals surface area contributed by atoms with Crippen LogP contribution in [0.4, 0.5) is 11.4 Å². The Morgan fingerprint density at radius 1 is 1.38 bits per heavy atom. The molecular formula is C17H27N3O. The Morgan fingerprint density at radius 3 is 2.71 bits per heavy atom. The number of hydrogen-bond acceptors (Lipinski definition) is 3. The Kier molecular flexibility index (Phi) is 5.48. The van der Waals surface area contributed by atoms with Gasteiger partial charge >= 0.3 is 0 Å². The van der Waals surface area contributed by atoms with Gasteiger partial charge in [-0.1, -0.05) is 25.3 Å². The monoisotopic (exact) mass is 289 g/mol. The van der Waals surface area contributed by atoms with Crippen molar-refractivity contribution in [2.45, 2.75) is 58.0 Å². The average molecular weight is 289 g/mol. The van der Waals surface area contributed by atoms with E-state index in [1.165, 1.54) is 19.3 Å². The first-order valence-corrected chi connectivity index (χ1v) is 8.04. The largest absolute Gasteiger partial charge is 0.399 e. The molecule has 0 aromatic heterocycles. The molecule has 1 aromatic rings. The third kappa shape index (κ3) is 4.13. The zero-order valence-corrected chi connectivity index (χ0v) is 13.1. The molecule has 0 spiro atoms. The lowest BCUT2D eigenvalue weighted by atomic mass is 9.95. The summed E-state index contributed by atoms with van der Waals surface area (Å²) in [6, 6.07) is 7.90. The van der Waals surface area contributed by atoms with E-state index in [0.29, 0.717) is 6.04 Å². The molecule has 0 saturated heterocycles. The minimum absolute atomic E-state index is 0.117. The van der Waals surface area contributed by atoms with E-state index < -0.39 is 0 Å². The first-order valence-electron chi connectivity index (χ1n) is 8.04. The molecule has 21 heavy (non-hydrogen) atoms. The number of anilines is 2. The van der Waals surface area contributed by atoms with Crippen LogP contribution in [0.25, 0.3) is 0 Å². The Morgan fingerprint density at radius 2 is 2.10 bits per heavy atom. The maximum atomic E-state index is 12.5. The first kappa shape index (κ1) is 15.7. The number of nitrogen functional groups attached to an aromatic ring is 1. The summed E-state index contributed by atoms with van der Waals surface area (Å²) < 4.78 is 0. The van der Waals surface area contributed by atoms with Gasteiger partial charge in [-0.25, -0.2) is 0 Å². The van der Waals surface area contributed by atoms with Crippen LogP contribution in [0.15, 0.2) is 24.3 Å². The number of nitrogens with zero attached hydrogens (tertiary/aromatic N) is 1. The van der Waals surface area contributed by atoms with Crippen molar-refractivity contribution in [1.29, 1.82) is 0 Å².